The molecule has 0 aromatic rings. The van der Waals surface area contributed by atoms with Gasteiger partial charge in [-0.1, -0.05) is 13.3 Å². The molecule has 0 fully saturated rings. The van der Waals surface area contributed by atoms with Gasteiger partial charge in [-0.15, -0.1) is 0 Å². The van der Waals surface area contributed by atoms with Gasteiger partial charge in [0.25, 0.3) is 0 Å². The number of hydrogen-bond acceptors (Lipinski definition) is 2. The second-order valence-corrected chi connectivity index (χ2v) is 1.27. The molecule has 3 heteroatoms. The third-order valence-corrected chi connectivity index (χ3v) is 0.547. The van der Waals surface area contributed by atoms with Crippen molar-refractivity contribution in [3.8, 4) is 0 Å². The SMILES string of the molecule is CCCC(O)O.[O]. The van der Waals surface area contributed by atoms with Crippen molar-refractivity contribution in [1.29, 1.82) is 0 Å². The van der Waals surface area contributed by atoms with Crippen LogP contribution in [0.5, 0.6) is 0 Å². The highest BCUT2D eigenvalue weighted by molar-refractivity contribution is 4.31. The van der Waals surface area contributed by atoms with Crippen LogP contribution in [0.15, 0.2) is 0 Å². The minimum Gasteiger partial charge on any atom is -0.368 e. The first-order valence-corrected chi connectivity index (χ1v) is 2.13. The van der Waals surface area contributed by atoms with Crippen molar-refractivity contribution in [3.05, 3.63) is 0 Å². The molecule has 0 saturated heterocycles. The summed E-state index contributed by atoms with van der Waals surface area (Å²) in [5.74, 6) is 0. The van der Waals surface area contributed by atoms with Crippen LogP contribution >= 0.6 is 0 Å². The van der Waals surface area contributed by atoms with Crippen molar-refractivity contribution in [3.63, 3.8) is 0 Å². The van der Waals surface area contributed by atoms with Gasteiger partial charge >= 0.3 is 0 Å². The number of rotatable bonds is 2. The summed E-state index contributed by atoms with van der Waals surface area (Å²) >= 11 is 0. The molecule has 0 aromatic carbocycles. The van der Waals surface area contributed by atoms with Crippen LogP contribution in [0.25, 0.3) is 0 Å². The van der Waals surface area contributed by atoms with Gasteiger partial charge in [0.05, 0.1) is 0 Å². The molecule has 44 valence electrons. The maximum atomic E-state index is 8.11. The predicted octanol–water partition coefficient (Wildman–Crippen LogP) is -0.0216. The zero-order valence-corrected chi connectivity index (χ0v) is 4.29. The lowest BCUT2D eigenvalue weighted by atomic mass is 10.3. The first-order valence-electron chi connectivity index (χ1n) is 2.13. The Labute approximate surface area is 42.9 Å². The Bertz CT molecular complexity index is 28.1. The summed E-state index contributed by atoms with van der Waals surface area (Å²) in [6, 6.07) is 0. The summed E-state index contributed by atoms with van der Waals surface area (Å²) in [6.45, 7) is 1.90. The topological polar surface area (TPSA) is 69.0 Å². The molecule has 0 amide bonds. The molecule has 0 heterocycles. The fourth-order valence-corrected chi connectivity index (χ4v) is 0.258. The van der Waals surface area contributed by atoms with Crippen LogP contribution in [0.4, 0.5) is 0 Å². The largest absolute Gasteiger partial charge is 0.368 e. The Morgan fingerprint density at radius 1 is 1.43 bits per heavy atom. The van der Waals surface area contributed by atoms with E-state index >= 15 is 0 Å². The molecule has 3 nitrogen and oxygen atoms in total. The van der Waals surface area contributed by atoms with Gasteiger partial charge in [0, 0.05) is 5.48 Å². The minimum atomic E-state index is -1.10. The monoisotopic (exact) mass is 106 g/mol. The molecule has 0 aliphatic rings. The molecule has 0 rings (SSSR count). The second kappa shape index (κ2) is 5.88. The molecule has 0 saturated carbocycles. The lowest BCUT2D eigenvalue weighted by molar-refractivity contribution is -0.0453. The van der Waals surface area contributed by atoms with E-state index in [4.69, 9.17) is 10.2 Å². The summed E-state index contributed by atoms with van der Waals surface area (Å²) < 4.78 is 0. The summed E-state index contributed by atoms with van der Waals surface area (Å²) in [5, 5.41) is 16.2. The predicted molar refractivity (Wildman–Crippen MR) is 23.8 cm³/mol. The molecule has 0 atom stereocenters. The summed E-state index contributed by atoms with van der Waals surface area (Å²) in [4.78, 5) is 0. The van der Waals surface area contributed by atoms with Crippen molar-refractivity contribution in [2.24, 2.45) is 0 Å². The van der Waals surface area contributed by atoms with E-state index in [0.717, 1.165) is 6.42 Å². The van der Waals surface area contributed by atoms with Crippen molar-refractivity contribution in [2.45, 2.75) is 26.1 Å². The van der Waals surface area contributed by atoms with Gasteiger partial charge in [0.1, 0.15) is 0 Å². The first kappa shape index (κ1) is 9.99. The van der Waals surface area contributed by atoms with E-state index in [2.05, 4.69) is 0 Å². The molecule has 0 unspecified atom stereocenters. The number of aliphatic hydroxyl groups excluding tert-OH is 1. The number of hydrogen-bond donors (Lipinski definition) is 2. The smallest absolute Gasteiger partial charge is 0.151 e. The minimum absolute atomic E-state index is 0. The Balaban J connectivity index is 0. The van der Waals surface area contributed by atoms with Gasteiger partial charge in [0.2, 0.25) is 0 Å². The maximum absolute atomic E-state index is 8.11. The molecular weight excluding hydrogens is 96.0 g/mol. The van der Waals surface area contributed by atoms with E-state index in [1.165, 1.54) is 0 Å². The molecule has 2 N–H and O–H groups in total. The molecule has 0 bridgehead atoms. The van der Waals surface area contributed by atoms with E-state index in [0.29, 0.717) is 6.42 Å². The Morgan fingerprint density at radius 3 is 1.86 bits per heavy atom. The molecular formula is C4H10O3. The van der Waals surface area contributed by atoms with Crippen LogP contribution in [0.1, 0.15) is 19.8 Å². The van der Waals surface area contributed by atoms with E-state index in [1.807, 2.05) is 6.92 Å². The molecule has 0 aromatic heterocycles. The average molecular weight is 106 g/mol. The Morgan fingerprint density at radius 2 is 1.86 bits per heavy atom. The van der Waals surface area contributed by atoms with Gasteiger partial charge in [-0.3, -0.25) is 0 Å². The standard InChI is InChI=1S/C4H10O2.O/c1-2-3-4(5)6;/h4-6H,2-3H2,1H3;. The van der Waals surface area contributed by atoms with Gasteiger partial charge in [0.15, 0.2) is 6.29 Å². The van der Waals surface area contributed by atoms with Crippen molar-refractivity contribution < 1.29 is 15.7 Å². The van der Waals surface area contributed by atoms with Gasteiger partial charge in [-0.25, -0.2) is 0 Å². The normalized spacial score (nSPS) is 8.57. The lowest BCUT2D eigenvalue weighted by Gasteiger charge is -1.94. The molecule has 0 aliphatic carbocycles. The summed E-state index contributed by atoms with van der Waals surface area (Å²) in [7, 11) is 0. The third-order valence-electron chi connectivity index (χ3n) is 0.547. The van der Waals surface area contributed by atoms with Crippen molar-refractivity contribution >= 4 is 0 Å². The summed E-state index contributed by atoms with van der Waals surface area (Å²) in [6.07, 6.45) is 0.215. The van der Waals surface area contributed by atoms with Crippen LogP contribution in [0.2, 0.25) is 0 Å². The van der Waals surface area contributed by atoms with E-state index in [-0.39, 0.29) is 5.48 Å². The highest BCUT2D eigenvalue weighted by atomic mass is 16.5. The Hall–Kier alpha value is -0.120. The zero-order valence-electron chi connectivity index (χ0n) is 4.29. The van der Waals surface area contributed by atoms with Gasteiger partial charge < -0.3 is 10.2 Å². The molecule has 0 spiro atoms. The van der Waals surface area contributed by atoms with Crippen LogP contribution in [-0.2, 0) is 5.48 Å². The summed E-state index contributed by atoms with van der Waals surface area (Å²) in [5.41, 5.74) is 0. The third kappa shape index (κ3) is 10.7. The van der Waals surface area contributed by atoms with Crippen LogP contribution in [-0.4, -0.2) is 16.5 Å². The van der Waals surface area contributed by atoms with Crippen LogP contribution in [0, 0.1) is 0 Å². The highest BCUT2D eigenvalue weighted by Gasteiger charge is 1.89. The fraction of sp³-hybridized carbons (Fsp3) is 1.00. The van der Waals surface area contributed by atoms with Crippen LogP contribution in [0.3, 0.4) is 0 Å². The first-order chi connectivity index (χ1) is 2.77. The number of aliphatic hydroxyl groups is 2. The van der Waals surface area contributed by atoms with E-state index < -0.39 is 6.29 Å². The van der Waals surface area contributed by atoms with Gasteiger partial charge in [-0.2, -0.15) is 0 Å². The quantitative estimate of drug-likeness (QED) is 0.485. The highest BCUT2D eigenvalue weighted by Crippen LogP contribution is 1.88. The molecule has 0 aliphatic heterocycles. The van der Waals surface area contributed by atoms with E-state index in [1.54, 1.807) is 0 Å². The van der Waals surface area contributed by atoms with E-state index in [9.17, 15) is 0 Å². The van der Waals surface area contributed by atoms with Crippen LogP contribution < -0.4 is 0 Å². The Kier molecular flexibility index (Phi) is 8.39. The van der Waals surface area contributed by atoms with Gasteiger partial charge in [-0.05, 0) is 6.42 Å². The maximum Gasteiger partial charge on any atom is 0.151 e. The zero-order chi connectivity index (χ0) is 4.99. The fourth-order valence-electron chi connectivity index (χ4n) is 0.258. The van der Waals surface area contributed by atoms with Crippen molar-refractivity contribution in [2.75, 3.05) is 0 Å². The second-order valence-electron chi connectivity index (χ2n) is 1.27. The lowest BCUT2D eigenvalue weighted by Crippen LogP contribution is -2.01. The van der Waals surface area contributed by atoms with Crippen molar-refractivity contribution in [1.82, 2.24) is 0 Å². The average Bonchev–Trinajstić information content (AvgIpc) is 1.35. The molecule has 7 heavy (non-hydrogen) atoms. The molecule has 2 radical (unpaired) electrons.